The van der Waals surface area contributed by atoms with Gasteiger partial charge in [-0.2, -0.15) is 0 Å². The molecule has 1 spiro atoms. The Labute approximate surface area is 203 Å². The van der Waals surface area contributed by atoms with Crippen molar-refractivity contribution in [2.24, 2.45) is 11.8 Å². The molecule has 3 unspecified atom stereocenters. The molecule has 4 atom stereocenters. The van der Waals surface area contributed by atoms with E-state index in [-0.39, 0.29) is 39.6 Å². The lowest BCUT2D eigenvalue weighted by atomic mass is 9.77. The average Bonchev–Trinajstić information content (AvgIpc) is 3.29. The fourth-order valence-corrected chi connectivity index (χ4v) is 8.43. The summed E-state index contributed by atoms with van der Waals surface area (Å²) in [6, 6.07) is 4.87. The highest BCUT2D eigenvalue weighted by Gasteiger charge is 2.58. The zero-order valence-electron chi connectivity index (χ0n) is 18.0. The number of ether oxygens (including phenoxy) is 2. The van der Waals surface area contributed by atoms with E-state index in [4.69, 9.17) is 21.1 Å². The van der Waals surface area contributed by atoms with E-state index in [1.54, 1.807) is 0 Å². The molecule has 12 heteroatoms. The van der Waals surface area contributed by atoms with Crippen LogP contribution in [0.1, 0.15) is 36.0 Å². The van der Waals surface area contributed by atoms with Gasteiger partial charge in [0.1, 0.15) is 6.61 Å². The molecule has 186 valence electrons. The maximum absolute atomic E-state index is 13.7. The third-order valence-corrected chi connectivity index (χ3v) is 9.84. The summed E-state index contributed by atoms with van der Waals surface area (Å²) >= 11 is 6.24. The molecule has 0 aromatic heterocycles. The molecule has 2 bridgehead atoms. The molecular formula is C23H19ClF3NO6S. The van der Waals surface area contributed by atoms with Crippen LogP contribution in [-0.2, 0) is 19.3 Å². The number of cyclic esters (lactones) is 1. The SMILES string of the molecule is O=C1OCC2(CC3CC[C@@H](C2)C3S(=O)(=O)c2cc(C(=O)Nc3cc(F)c(F)c(F)c3)ccc2Cl)O1. The van der Waals surface area contributed by atoms with Gasteiger partial charge in [-0.3, -0.25) is 4.79 Å². The fraction of sp³-hybridized carbons (Fsp3) is 0.391. The summed E-state index contributed by atoms with van der Waals surface area (Å²) in [5.41, 5.74) is -1.27. The molecule has 1 saturated heterocycles. The number of sulfone groups is 1. The molecular weight excluding hydrogens is 511 g/mol. The molecule has 3 aliphatic rings. The van der Waals surface area contributed by atoms with Gasteiger partial charge in [0.2, 0.25) is 0 Å². The summed E-state index contributed by atoms with van der Waals surface area (Å²) in [7, 11) is -4.00. The number of fused-ring (bicyclic) bond motifs is 2. The van der Waals surface area contributed by atoms with Gasteiger partial charge in [-0.15, -0.1) is 0 Å². The topological polar surface area (TPSA) is 98.8 Å². The van der Waals surface area contributed by atoms with Gasteiger partial charge in [0, 0.05) is 23.4 Å². The van der Waals surface area contributed by atoms with Crippen LogP contribution < -0.4 is 5.32 Å². The Balaban J connectivity index is 1.41. The van der Waals surface area contributed by atoms with Crippen LogP contribution in [0.2, 0.25) is 5.02 Å². The number of benzene rings is 2. The number of carbonyl (C=O) groups excluding carboxylic acids is 2. The number of hydrogen-bond donors (Lipinski definition) is 1. The summed E-state index contributed by atoms with van der Waals surface area (Å²) in [4.78, 5) is 23.9. The third kappa shape index (κ3) is 4.14. The zero-order valence-corrected chi connectivity index (χ0v) is 19.6. The number of amides is 1. The van der Waals surface area contributed by atoms with Crippen LogP contribution in [0.5, 0.6) is 0 Å². The quantitative estimate of drug-likeness (QED) is 0.448. The maximum atomic E-state index is 13.7. The second kappa shape index (κ2) is 8.41. The highest BCUT2D eigenvalue weighted by Crippen LogP contribution is 2.53. The van der Waals surface area contributed by atoms with Crippen molar-refractivity contribution < 1.29 is 40.7 Å². The van der Waals surface area contributed by atoms with E-state index in [0.29, 0.717) is 37.8 Å². The number of hydrogen-bond acceptors (Lipinski definition) is 6. The van der Waals surface area contributed by atoms with Crippen LogP contribution in [0.25, 0.3) is 0 Å². The van der Waals surface area contributed by atoms with Crippen LogP contribution in [0.15, 0.2) is 35.2 Å². The second-order valence-corrected chi connectivity index (χ2v) is 11.7. The predicted molar refractivity (Wildman–Crippen MR) is 117 cm³/mol. The lowest BCUT2D eigenvalue weighted by Gasteiger charge is -2.39. The average molecular weight is 530 g/mol. The summed E-state index contributed by atoms with van der Waals surface area (Å²) in [6.07, 6.45) is 1.20. The van der Waals surface area contributed by atoms with Crippen molar-refractivity contribution in [3.63, 3.8) is 0 Å². The maximum Gasteiger partial charge on any atom is 0.509 e. The monoisotopic (exact) mass is 529 g/mol. The number of rotatable bonds is 4. The van der Waals surface area contributed by atoms with Crippen molar-refractivity contribution in [3.8, 4) is 0 Å². The van der Waals surface area contributed by atoms with Crippen molar-refractivity contribution in [1.82, 2.24) is 0 Å². The first-order valence-corrected chi connectivity index (χ1v) is 12.8. The molecule has 1 amide bonds. The fourth-order valence-electron chi connectivity index (χ4n) is 5.59. The smallest absolute Gasteiger partial charge is 0.430 e. The first-order chi connectivity index (χ1) is 16.5. The van der Waals surface area contributed by atoms with E-state index in [1.807, 2.05) is 0 Å². The van der Waals surface area contributed by atoms with E-state index in [9.17, 15) is 31.2 Å². The molecule has 7 nitrogen and oxygen atoms in total. The summed E-state index contributed by atoms with van der Waals surface area (Å²) in [6.45, 7) is 0.0899. The Hall–Kier alpha value is -2.79. The molecule has 1 N–H and O–H groups in total. The van der Waals surface area contributed by atoms with Gasteiger partial charge in [0.25, 0.3) is 5.91 Å². The molecule has 3 fully saturated rings. The lowest BCUT2D eigenvalue weighted by Crippen LogP contribution is -2.47. The standard InChI is InChI=1S/C23H19ClF3NO6S/c24-15-4-3-11(21(29)28-14-6-16(25)19(27)17(26)7-14)5-18(15)35(31,32)20-12-1-2-13(20)9-23(8-12)10-33-22(30)34-23/h3-7,12-13,20H,1-2,8-10H2,(H,28,29)/t12-,13?,20?,23?/m0/s1. The van der Waals surface area contributed by atoms with Crippen LogP contribution in [0.3, 0.4) is 0 Å². The number of carbonyl (C=O) groups is 2. The van der Waals surface area contributed by atoms with Crippen molar-refractivity contribution in [3.05, 3.63) is 58.4 Å². The van der Waals surface area contributed by atoms with E-state index in [1.165, 1.54) is 12.1 Å². The van der Waals surface area contributed by atoms with Gasteiger partial charge in [-0.05, 0) is 55.7 Å². The zero-order chi connectivity index (χ0) is 25.1. The molecule has 1 aliphatic heterocycles. The Morgan fingerprint density at radius 1 is 1.06 bits per heavy atom. The Morgan fingerprint density at radius 2 is 1.69 bits per heavy atom. The summed E-state index contributed by atoms with van der Waals surface area (Å²) in [5, 5.41) is 1.38. The van der Waals surface area contributed by atoms with Gasteiger partial charge >= 0.3 is 6.16 Å². The van der Waals surface area contributed by atoms with Gasteiger partial charge < -0.3 is 14.8 Å². The molecule has 0 radical (unpaired) electrons. The van der Waals surface area contributed by atoms with E-state index < -0.39 is 50.2 Å². The Bertz CT molecular complexity index is 1310. The lowest BCUT2D eigenvalue weighted by molar-refractivity contribution is 0.00401. The largest absolute Gasteiger partial charge is 0.509 e. The van der Waals surface area contributed by atoms with Gasteiger partial charge in [-0.1, -0.05) is 11.6 Å². The molecule has 2 aromatic rings. The minimum Gasteiger partial charge on any atom is -0.430 e. The third-order valence-electron chi connectivity index (χ3n) is 6.96. The summed E-state index contributed by atoms with van der Waals surface area (Å²) in [5.74, 6) is -6.07. The molecule has 2 saturated carbocycles. The van der Waals surface area contributed by atoms with E-state index in [0.717, 1.165) is 6.07 Å². The van der Waals surface area contributed by atoms with Gasteiger partial charge in [-0.25, -0.2) is 26.4 Å². The minimum atomic E-state index is -4.00. The second-order valence-electron chi connectivity index (χ2n) is 9.19. The highest BCUT2D eigenvalue weighted by atomic mass is 35.5. The van der Waals surface area contributed by atoms with Crippen LogP contribution in [-0.4, -0.2) is 37.9 Å². The Morgan fingerprint density at radius 3 is 2.26 bits per heavy atom. The molecule has 1 heterocycles. The first-order valence-electron chi connectivity index (χ1n) is 10.8. The van der Waals surface area contributed by atoms with Crippen LogP contribution >= 0.6 is 11.6 Å². The van der Waals surface area contributed by atoms with Crippen molar-refractivity contribution in [2.45, 2.75) is 41.4 Å². The highest BCUT2D eigenvalue weighted by molar-refractivity contribution is 7.92. The van der Waals surface area contributed by atoms with Crippen LogP contribution in [0, 0.1) is 29.3 Å². The first kappa shape index (κ1) is 23.9. The minimum absolute atomic E-state index is 0.0734. The molecule has 35 heavy (non-hydrogen) atoms. The van der Waals surface area contributed by atoms with Crippen molar-refractivity contribution in [2.75, 3.05) is 11.9 Å². The predicted octanol–water partition coefficient (Wildman–Crippen LogP) is 4.88. The van der Waals surface area contributed by atoms with Gasteiger partial charge in [0.15, 0.2) is 32.9 Å². The number of halogens is 4. The van der Waals surface area contributed by atoms with Gasteiger partial charge in [0.05, 0.1) is 15.2 Å². The molecule has 2 aliphatic carbocycles. The van der Waals surface area contributed by atoms with E-state index in [2.05, 4.69) is 5.32 Å². The summed E-state index contributed by atoms with van der Waals surface area (Å²) < 4.78 is 77.9. The number of nitrogens with one attached hydrogen (secondary N) is 1. The number of anilines is 1. The Kier molecular flexibility index (Phi) is 5.75. The van der Waals surface area contributed by atoms with Crippen molar-refractivity contribution >= 4 is 39.2 Å². The van der Waals surface area contributed by atoms with Crippen molar-refractivity contribution in [1.29, 1.82) is 0 Å². The van der Waals surface area contributed by atoms with E-state index >= 15 is 0 Å². The van der Waals surface area contributed by atoms with Crippen LogP contribution in [0.4, 0.5) is 23.7 Å². The molecule has 5 rings (SSSR count). The normalized spacial score (nSPS) is 27.5. The molecule has 2 aromatic carbocycles.